The highest BCUT2D eigenvalue weighted by atomic mass is 32.2. The van der Waals surface area contributed by atoms with E-state index in [2.05, 4.69) is 0 Å². The highest BCUT2D eigenvalue weighted by Crippen LogP contribution is 2.47. The Hall–Kier alpha value is -2.19. The fraction of sp³-hybridized carbons (Fsp3) is 0.250. The van der Waals surface area contributed by atoms with Crippen molar-refractivity contribution in [3.05, 3.63) is 35.4 Å². The molecule has 1 N–H and O–H groups in total. The minimum absolute atomic E-state index is 0.114. The molecule has 0 aromatic carbocycles. The maximum Gasteiger partial charge on any atom is 0.342 e. The van der Waals surface area contributed by atoms with Gasteiger partial charge in [0.25, 0.3) is 0 Å². The van der Waals surface area contributed by atoms with Crippen molar-refractivity contribution in [3.63, 3.8) is 0 Å². The van der Waals surface area contributed by atoms with Gasteiger partial charge in [0.05, 0.1) is 12.0 Å². The van der Waals surface area contributed by atoms with E-state index in [1.165, 1.54) is 7.11 Å². The summed E-state index contributed by atoms with van der Waals surface area (Å²) in [5.41, 5.74) is 2.43. The predicted molar refractivity (Wildman–Crippen MR) is 81.6 cm³/mol. The number of nitriles is 1. The van der Waals surface area contributed by atoms with Gasteiger partial charge in [-0.2, -0.15) is 5.26 Å². The third-order valence-corrected chi connectivity index (χ3v) is 4.03. The van der Waals surface area contributed by atoms with E-state index in [0.717, 1.165) is 17.3 Å². The molecule has 0 amide bonds. The monoisotopic (exact) mass is 301 g/mol. The van der Waals surface area contributed by atoms with Gasteiger partial charge in [-0.15, -0.1) is 0 Å². The van der Waals surface area contributed by atoms with E-state index in [4.69, 9.17) is 10.00 Å². The molecule has 4 nitrogen and oxygen atoms in total. The molecule has 2 aliphatic rings. The van der Waals surface area contributed by atoms with Crippen LogP contribution in [-0.2, 0) is 4.74 Å². The number of rotatable bonds is 3. The third kappa shape index (κ3) is 2.67. The fourth-order valence-electron chi connectivity index (χ4n) is 2.23. The highest BCUT2D eigenvalue weighted by molar-refractivity contribution is 8.04. The molecule has 0 unspecified atom stereocenters. The molecule has 0 spiro atoms. The van der Waals surface area contributed by atoms with Crippen LogP contribution >= 0.6 is 11.8 Å². The Balaban J connectivity index is 2.81. The molecule has 0 fully saturated rings. The second-order valence-electron chi connectivity index (χ2n) is 4.89. The minimum atomic E-state index is -0.608. The number of hydrogen-bond donors (Lipinski definition) is 1. The van der Waals surface area contributed by atoms with Gasteiger partial charge in [-0.1, -0.05) is 32.0 Å². The molecule has 0 heterocycles. The summed E-state index contributed by atoms with van der Waals surface area (Å²) in [7, 11) is 1.27. The molecule has 0 bridgehead atoms. The van der Waals surface area contributed by atoms with E-state index in [1.54, 1.807) is 6.07 Å². The Morgan fingerprint density at radius 3 is 2.67 bits per heavy atom. The molecule has 0 atom stereocenters. The standard InChI is InChI=1S/C16H15NO3S/c1-9(2)10-5-4-6-11-12(7-10)13(16(19)20-3)14(18)15(11)21-8-17/h4-7,9,18H,1-3H3. The zero-order valence-corrected chi connectivity index (χ0v) is 12.8. The van der Waals surface area contributed by atoms with Gasteiger partial charge in [0, 0.05) is 11.1 Å². The Morgan fingerprint density at radius 2 is 2.10 bits per heavy atom. The summed E-state index contributed by atoms with van der Waals surface area (Å²) in [6.07, 6.45) is 0. The van der Waals surface area contributed by atoms with Crippen LogP contribution in [0.1, 0.15) is 35.7 Å². The van der Waals surface area contributed by atoms with Crippen molar-refractivity contribution in [3.8, 4) is 22.3 Å². The molecule has 0 aromatic rings. The number of aromatic hydroxyl groups is 1. The van der Waals surface area contributed by atoms with Gasteiger partial charge in [-0.25, -0.2) is 4.79 Å². The molecule has 108 valence electrons. The van der Waals surface area contributed by atoms with Crippen LogP contribution in [0.2, 0.25) is 0 Å². The largest absolute Gasteiger partial charge is 0.506 e. The van der Waals surface area contributed by atoms with Crippen LogP contribution in [0.4, 0.5) is 0 Å². The summed E-state index contributed by atoms with van der Waals surface area (Å²) in [5, 5.41) is 21.1. The van der Waals surface area contributed by atoms with Crippen LogP contribution in [0.5, 0.6) is 5.75 Å². The number of methoxy groups -OCH3 is 1. The van der Waals surface area contributed by atoms with Crippen molar-refractivity contribution in [2.75, 3.05) is 7.11 Å². The topological polar surface area (TPSA) is 70.3 Å². The Labute approximate surface area is 127 Å². The molecule has 2 rings (SSSR count). The van der Waals surface area contributed by atoms with Gasteiger partial charge in [0.2, 0.25) is 0 Å². The van der Waals surface area contributed by atoms with E-state index in [1.807, 2.05) is 37.4 Å². The van der Waals surface area contributed by atoms with Crippen LogP contribution in [0.25, 0.3) is 11.1 Å². The van der Waals surface area contributed by atoms with Crippen LogP contribution in [-0.4, -0.2) is 18.2 Å². The maximum absolute atomic E-state index is 12.0. The molecule has 0 radical (unpaired) electrons. The number of hydrogen-bond acceptors (Lipinski definition) is 5. The number of thioether (sulfide) groups is 1. The molecule has 0 saturated carbocycles. The van der Waals surface area contributed by atoms with E-state index in [-0.39, 0.29) is 17.2 Å². The summed E-state index contributed by atoms with van der Waals surface area (Å²) in [5.74, 6) is -0.525. The van der Waals surface area contributed by atoms with E-state index >= 15 is 0 Å². The summed E-state index contributed by atoms with van der Waals surface area (Å²) in [4.78, 5) is 12.4. The molecule has 5 heteroatoms. The zero-order valence-electron chi connectivity index (χ0n) is 12.0. The van der Waals surface area contributed by atoms with Crippen molar-refractivity contribution in [2.45, 2.75) is 24.7 Å². The predicted octanol–water partition coefficient (Wildman–Crippen LogP) is 3.98. The van der Waals surface area contributed by atoms with Crippen LogP contribution in [0, 0.1) is 10.7 Å². The normalized spacial score (nSPS) is 10.6. The zero-order chi connectivity index (χ0) is 15.6. The molecular formula is C16H15NO3S. The van der Waals surface area contributed by atoms with Gasteiger partial charge in [0.15, 0.2) is 0 Å². The van der Waals surface area contributed by atoms with Crippen molar-refractivity contribution in [1.29, 1.82) is 5.26 Å². The number of carbonyl (C=O) groups excluding carboxylic acids is 1. The number of thiocyanates is 1. The number of carbonyl (C=O) groups is 1. The smallest absolute Gasteiger partial charge is 0.342 e. The lowest BCUT2D eigenvalue weighted by Crippen LogP contribution is -2.01. The van der Waals surface area contributed by atoms with Crippen LogP contribution < -0.4 is 0 Å². The SMILES string of the molecule is COC(=O)c1c2cc(C(C)C)cccc-2c(SC#N)c1O. The van der Waals surface area contributed by atoms with Crippen LogP contribution in [0.3, 0.4) is 0 Å². The van der Waals surface area contributed by atoms with Crippen molar-refractivity contribution >= 4 is 17.7 Å². The molecule has 21 heavy (non-hydrogen) atoms. The number of nitrogens with zero attached hydrogens (tertiary/aromatic N) is 1. The van der Waals surface area contributed by atoms with Gasteiger partial charge in [0.1, 0.15) is 16.7 Å². The van der Waals surface area contributed by atoms with Crippen molar-refractivity contribution in [1.82, 2.24) is 0 Å². The van der Waals surface area contributed by atoms with Gasteiger partial charge < -0.3 is 9.84 Å². The summed E-state index contributed by atoms with van der Waals surface area (Å²) < 4.78 is 4.76. The second kappa shape index (κ2) is 6.06. The minimum Gasteiger partial charge on any atom is -0.506 e. The average molecular weight is 301 g/mol. The van der Waals surface area contributed by atoms with Gasteiger partial charge in [-0.05, 0) is 29.3 Å². The first-order valence-electron chi connectivity index (χ1n) is 6.44. The molecule has 0 aliphatic heterocycles. The van der Waals surface area contributed by atoms with Crippen molar-refractivity contribution < 1.29 is 14.6 Å². The number of fused-ring (bicyclic) bond motifs is 1. The van der Waals surface area contributed by atoms with E-state index in [0.29, 0.717) is 16.0 Å². The fourth-order valence-corrected chi connectivity index (χ4v) is 2.81. The quantitative estimate of drug-likeness (QED) is 0.527. The van der Waals surface area contributed by atoms with Gasteiger partial charge >= 0.3 is 5.97 Å². The Bertz CT molecular complexity index is 704. The molecular weight excluding hydrogens is 286 g/mol. The summed E-state index contributed by atoms with van der Waals surface area (Å²) >= 11 is 0.838. The Kier molecular flexibility index (Phi) is 4.39. The molecule has 2 aliphatic carbocycles. The first-order valence-corrected chi connectivity index (χ1v) is 7.25. The van der Waals surface area contributed by atoms with E-state index in [9.17, 15) is 9.90 Å². The number of ether oxygens (including phenoxy) is 1. The first-order chi connectivity index (χ1) is 10.0. The van der Waals surface area contributed by atoms with E-state index < -0.39 is 5.97 Å². The third-order valence-electron chi connectivity index (χ3n) is 3.32. The number of esters is 1. The average Bonchev–Trinajstić information content (AvgIpc) is 2.62. The highest BCUT2D eigenvalue weighted by Gasteiger charge is 2.28. The molecule has 0 saturated heterocycles. The van der Waals surface area contributed by atoms with Gasteiger partial charge in [-0.3, -0.25) is 0 Å². The maximum atomic E-state index is 12.0. The van der Waals surface area contributed by atoms with Crippen LogP contribution in [0.15, 0.2) is 29.2 Å². The van der Waals surface area contributed by atoms with Crippen molar-refractivity contribution in [2.24, 2.45) is 0 Å². The summed E-state index contributed by atoms with van der Waals surface area (Å²) in [6, 6.07) is 7.49. The lowest BCUT2D eigenvalue weighted by atomic mass is 10.0. The lowest BCUT2D eigenvalue weighted by molar-refractivity contribution is 0.0598. The Morgan fingerprint density at radius 1 is 1.38 bits per heavy atom. The summed E-state index contributed by atoms with van der Waals surface area (Å²) in [6.45, 7) is 4.10. The lowest BCUT2D eigenvalue weighted by Gasteiger charge is -2.04. The first kappa shape index (κ1) is 15.2. The second-order valence-corrected chi connectivity index (χ2v) is 5.68. The molecule has 0 aromatic heterocycles.